The molecule has 0 saturated heterocycles. The van der Waals surface area contributed by atoms with Gasteiger partial charge in [0, 0.05) is 0 Å². The first-order valence-corrected chi connectivity index (χ1v) is 4.99. The topological polar surface area (TPSA) is 84.9 Å². The minimum Gasteiger partial charge on any atom is -0.394 e. The number of hydrogen-bond donors (Lipinski definition) is 3. The van der Waals surface area contributed by atoms with E-state index >= 15 is 0 Å². The van der Waals surface area contributed by atoms with E-state index in [1.165, 1.54) is 19.3 Å². The molecule has 0 atom stereocenters. The zero-order valence-corrected chi connectivity index (χ0v) is 8.95. The molecular formula is C9H23NO4. The normalized spacial score (nSPS) is 9.43. The second-order valence-electron chi connectivity index (χ2n) is 2.59. The van der Waals surface area contributed by atoms with E-state index in [-0.39, 0.29) is 26.4 Å². The van der Waals surface area contributed by atoms with Crippen LogP contribution in [-0.4, -0.2) is 43.2 Å². The quantitative estimate of drug-likeness (QED) is 0.299. The van der Waals surface area contributed by atoms with Crippen molar-refractivity contribution in [3.8, 4) is 0 Å². The highest BCUT2D eigenvalue weighted by molar-refractivity contribution is 4.34. The molecule has 14 heavy (non-hydrogen) atoms. The Bertz CT molecular complexity index is 73.2. The molecule has 0 aromatic rings. The molecule has 0 aromatic carbocycles. The molecule has 0 aromatic heterocycles. The number of rotatable bonds is 8. The highest BCUT2D eigenvalue weighted by Gasteiger charge is 1.83. The lowest BCUT2D eigenvalue weighted by Crippen LogP contribution is -2.03. The van der Waals surface area contributed by atoms with Gasteiger partial charge in [0.25, 0.3) is 0 Å². The van der Waals surface area contributed by atoms with Gasteiger partial charge in [-0.2, -0.15) is 0 Å². The summed E-state index contributed by atoms with van der Waals surface area (Å²) in [4.78, 5) is 8.63. The number of unbranched alkanes of at least 4 members (excludes halogenated alkanes) is 2. The minimum absolute atomic E-state index is 0.0641. The van der Waals surface area contributed by atoms with Gasteiger partial charge in [0.2, 0.25) is 0 Å². The van der Waals surface area contributed by atoms with E-state index < -0.39 is 0 Å². The smallest absolute Gasteiger partial charge is 0.105 e. The summed E-state index contributed by atoms with van der Waals surface area (Å²) in [6, 6.07) is 0. The van der Waals surface area contributed by atoms with E-state index in [0.29, 0.717) is 0 Å². The Morgan fingerprint density at radius 3 is 1.71 bits per heavy atom. The summed E-state index contributed by atoms with van der Waals surface area (Å²) in [5.41, 5.74) is 5.21. The van der Waals surface area contributed by atoms with E-state index in [2.05, 4.69) is 16.7 Å². The van der Waals surface area contributed by atoms with Crippen molar-refractivity contribution in [1.82, 2.24) is 0 Å². The highest BCUT2D eigenvalue weighted by atomic mass is 17.2. The third-order valence-corrected chi connectivity index (χ3v) is 1.24. The molecule has 0 rings (SSSR count). The van der Waals surface area contributed by atoms with Crippen LogP contribution in [-0.2, 0) is 9.78 Å². The molecule has 0 radical (unpaired) electrons. The lowest BCUT2D eigenvalue weighted by molar-refractivity contribution is -0.300. The van der Waals surface area contributed by atoms with Gasteiger partial charge in [-0.1, -0.05) is 19.8 Å². The molecule has 0 spiro atoms. The maximum absolute atomic E-state index is 8.10. The predicted octanol–water partition coefficient (Wildman–Crippen LogP) is 0.0545. The van der Waals surface area contributed by atoms with Crippen molar-refractivity contribution in [1.29, 1.82) is 0 Å². The summed E-state index contributed by atoms with van der Waals surface area (Å²) in [5.74, 6) is 0. The standard InChI is InChI=1S/C5H13N.C4H10O4/c1-2-3-4-5-6;5-1-3-7-8-4-2-6/h2-6H2,1H3;5-6H,1-4H2. The summed E-state index contributed by atoms with van der Waals surface area (Å²) < 4.78 is 0. The first-order chi connectivity index (χ1) is 6.83. The molecule has 88 valence electrons. The van der Waals surface area contributed by atoms with Crippen molar-refractivity contribution in [2.45, 2.75) is 26.2 Å². The largest absolute Gasteiger partial charge is 0.394 e. The Hall–Kier alpha value is -0.200. The summed E-state index contributed by atoms with van der Waals surface area (Å²) in [6.07, 6.45) is 3.75. The summed E-state index contributed by atoms with van der Waals surface area (Å²) in [5, 5.41) is 16.2. The van der Waals surface area contributed by atoms with Crippen molar-refractivity contribution in [2.24, 2.45) is 5.73 Å². The van der Waals surface area contributed by atoms with E-state index in [1.807, 2.05) is 0 Å². The van der Waals surface area contributed by atoms with Gasteiger partial charge in [-0.3, -0.25) is 0 Å². The number of hydrogen-bond acceptors (Lipinski definition) is 5. The number of aliphatic hydroxyl groups excluding tert-OH is 2. The van der Waals surface area contributed by atoms with Gasteiger partial charge in [0.05, 0.1) is 13.2 Å². The molecule has 5 heteroatoms. The second-order valence-corrected chi connectivity index (χ2v) is 2.59. The van der Waals surface area contributed by atoms with Crippen LogP contribution in [0.4, 0.5) is 0 Å². The Labute approximate surface area is 85.7 Å². The van der Waals surface area contributed by atoms with Gasteiger partial charge in [0.15, 0.2) is 0 Å². The van der Waals surface area contributed by atoms with Crippen LogP contribution in [0.2, 0.25) is 0 Å². The number of nitrogens with two attached hydrogens (primary N) is 1. The lowest BCUT2D eigenvalue weighted by atomic mass is 10.3. The molecule has 0 bridgehead atoms. The van der Waals surface area contributed by atoms with Crippen molar-refractivity contribution in [3.05, 3.63) is 0 Å². The zero-order valence-electron chi connectivity index (χ0n) is 8.95. The van der Waals surface area contributed by atoms with Crippen LogP contribution < -0.4 is 5.73 Å². The first-order valence-electron chi connectivity index (χ1n) is 4.99. The molecule has 4 N–H and O–H groups in total. The molecule has 0 aliphatic heterocycles. The Morgan fingerprint density at radius 2 is 1.50 bits per heavy atom. The van der Waals surface area contributed by atoms with Gasteiger partial charge in [-0.05, 0) is 13.0 Å². The molecule has 0 aliphatic rings. The van der Waals surface area contributed by atoms with Crippen molar-refractivity contribution >= 4 is 0 Å². The van der Waals surface area contributed by atoms with Crippen LogP contribution in [0.5, 0.6) is 0 Å². The van der Waals surface area contributed by atoms with E-state index in [9.17, 15) is 0 Å². The van der Waals surface area contributed by atoms with Crippen LogP contribution in [0.25, 0.3) is 0 Å². The molecule has 0 unspecified atom stereocenters. The fraction of sp³-hybridized carbons (Fsp3) is 1.00. The molecule has 0 aliphatic carbocycles. The summed E-state index contributed by atoms with van der Waals surface area (Å²) in [6.45, 7) is 3.21. The van der Waals surface area contributed by atoms with Crippen molar-refractivity contribution in [2.75, 3.05) is 33.0 Å². The van der Waals surface area contributed by atoms with Crippen LogP contribution in [0.15, 0.2) is 0 Å². The Morgan fingerprint density at radius 1 is 1.00 bits per heavy atom. The van der Waals surface area contributed by atoms with E-state index in [4.69, 9.17) is 15.9 Å². The van der Waals surface area contributed by atoms with Crippen LogP contribution in [0, 0.1) is 0 Å². The monoisotopic (exact) mass is 209 g/mol. The van der Waals surface area contributed by atoms with E-state index in [0.717, 1.165) is 6.54 Å². The van der Waals surface area contributed by atoms with Crippen LogP contribution in [0.3, 0.4) is 0 Å². The fourth-order valence-corrected chi connectivity index (χ4v) is 0.587. The molecule has 0 saturated carbocycles. The van der Waals surface area contributed by atoms with Gasteiger partial charge in [0.1, 0.15) is 13.2 Å². The maximum Gasteiger partial charge on any atom is 0.105 e. The molecule has 0 amide bonds. The van der Waals surface area contributed by atoms with Gasteiger partial charge in [-0.25, -0.2) is 9.78 Å². The minimum atomic E-state index is -0.0641. The third-order valence-electron chi connectivity index (χ3n) is 1.24. The van der Waals surface area contributed by atoms with Crippen LogP contribution in [0.1, 0.15) is 26.2 Å². The number of aliphatic hydroxyl groups is 2. The molecule has 0 fully saturated rings. The van der Waals surface area contributed by atoms with Gasteiger partial charge >= 0.3 is 0 Å². The average Bonchev–Trinajstić information content (AvgIpc) is 2.22. The Balaban J connectivity index is 0. The molecule has 0 heterocycles. The Kier molecular flexibility index (Phi) is 21.5. The third kappa shape index (κ3) is 22.6. The summed E-state index contributed by atoms with van der Waals surface area (Å²) in [7, 11) is 0. The first kappa shape index (κ1) is 16.2. The van der Waals surface area contributed by atoms with Crippen LogP contribution >= 0.6 is 0 Å². The van der Waals surface area contributed by atoms with Gasteiger partial charge in [-0.15, -0.1) is 0 Å². The zero-order chi connectivity index (χ0) is 11.1. The second kappa shape index (κ2) is 18.6. The van der Waals surface area contributed by atoms with Gasteiger partial charge < -0.3 is 15.9 Å². The molecule has 5 nitrogen and oxygen atoms in total. The lowest BCUT2D eigenvalue weighted by Gasteiger charge is -1.97. The van der Waals surface area contributed by atoms with E-state index in [1.54, 1.807) is 0 Å². The SMILES string of the molecule is CCCCCN.OCCOOCCO. The van der Waals surface area contributed by atoms with Crippen molar-refractivity contribution in [3.63, 3.8) is 0 Å². The predicted molar refractivity (Wildman–Crippen MR) is 54.7 cm³/mol. The average molecular weight is 209 g/mol. The fourth-order valence-electron chi connectivity index (χ4n) is 0.587. The van der Waals surface area contributed by atoms with Crippen molar-refractivity contribution < 1.29 is 20.0 Å². The summed E-state index contributed by atoms with van der Waals surface area (Å²) >= 11 is 0. The molecular weight excluding hydrogens is 186 g/mol. The highest BCUT2D eigenvalue weighted by Crippen LogP contribution is 1.88. The maximum atomic E-state index is 8.10.